The van der Waals surface area contributed by atoms with Gasteiger partial charge in [-0.1, -0.05) is 37.3 Å². The number of hydrogen-bond acceptors (Lipinski definition) is 2. The molecule has 0 saturated heterocycles. The average molecular weight is 291 g/mol. The standard InChI is InChI=1S/C18H17N3O/c1-2-14-7-6-8-15(11-14)20-18(22)17-12-19-13-21(17)16-9-4-3-5-10-16/h3-13H,2H2,1H3,(H,20,22). The second-order valence-corrected chi connectivity index (χ2v) is 4.99. The molecule has 3 rings (SSSR count). The fourth-order valence-electron chi connectivity index (χ4n) is 2.32. The summed E-state index contributed by atoms with van der Waals surface area (Å²) in [6, 6.07) is 17.6. The van der Waals surface area contributed by atoms with E-state index in [-0.39, 0.29) is 5.91 Å². The van der Waals surface area contributed by atoms with Crippen LogP contribution in [0.1, 0.15) is 23.0 Å². The van der Waals surface area contributed by atoms with Crippen LogP contribution in [0.5, 0.6) is 0 Å². The molecule has 1 aromatic heterocycles. The molecule has 22 heavy (non-hydrogen) atoms. The first-order valence-electron chi connectivity index (χ1n) is 7.26. The highest BCUT2D eigenvalue weighted by Crippen LogP contribution is 2.15. The van der Waals surface area contributed by atoms with Crippen LogP contribution in [0.4, 0.5) is 5.69 Å². The normalized spacial score (nSPS) is 10.4. The Balaban J connectivity index is 1.86. The van der Waals surface area contributed by atoms with Crippen molar-refractivity contribution in [3.05, 3.63) is 78.4 Å². The number of anilines is 1. The summed E-state index contributed by atoms with van der Waals surface area (Å²) in [4.78, 5) is 16.6. The van der Waals surface area contributed by atoms with Crippen molar-refractivity contribution in [3.63, 3.8) is 0 Å². The SMILES string of the molecule is CCc1cccc(NC(=O)c2cncn2-c2ccccc2)c1. The number of para-hydroxylation sites is 1. The van der Waals surface area contributed by atoms with Gasteiger partial charge < -0.3 is 5.32 Å². The van der Waals surface area contributed by atoms with Crippen LogP contribution in [0, 0.1) is 0 Å². The fraction of sp³-hybridized carbons (Fsp3) is 0.111. The smallest absolute Gasteiger partial charge is 0.274 e. The van der Waals surface area contributed by atoms with Gasteiger partial charge in [0.05, 0.1) is 12.5 Å². The quantitative estimate of drug-likeness (QED) is 0.797. The van der Waals surface area contributed by atoms with E-state index in [2.05, 4.69) is 17.2 Å². The van der Waals surface area contributed by atoms with Gasteiger partial charge in [0.15, 0.2) is 0 Å². The first kappa shape index (κ1) is 14.1. The Hall–Kier alpha value is -2.88. The number of hydrogen-bond donors (Lipinski definition) is 1. The number of amides is 1. The molecule has 1 N–H and O–H groups in total. The molecule has 4 heteroatoms. The van der Waals surface area contributed by atoms with Crippen LogP contribution in [-0.4, -0.2) is 15.5 Å². The third kappa shape index (κ3) is 2.91. The second kappa shape index (κ2) is 6.26. The zero-order valence-corrected chi connectivity index (χ0v) is 12.4. The lowest BCUT2D eigenvalue weighted by atomic mass is 10.1. The molecule has 0 spiro atoms. The van der Waals surface area contributed by atoms with Gasteiger partial charge in [-0.3, -0.25) is 9.36 Å². The molecule has 1 heterocycles. The minimum Gasteiger partial charge on any atom is -0.321 e. The van der Waals surface area contributed by atoms with Crippen LogP contribution in [-0.2, 0) is 6.42 Å². The van der Waals surface area contributed by atoms with Gasteiger partial charge in [-0.05, 0) is 36.2 Å². The number of nitrogens with zero attached hydrogens (tertiary/aromatic N) is 2. The number of imidazole rings is 1. The molecule has 1 amide bonds. The van der Waals surface area contributed by atoms with Crippen LogP contribution in [0.15, 0.2) is 67.1 Å². The zero-order chi connectivity index (χ0) is 15.4. The zero-order valence-electron chi connectivity index (χ0n) is 12.4. The topological polar surface area (TPSA) is 46.9 Å². The Kier molecular flexibility index (Phi) is 4.01. The third-order valence-corrected chi connectivity index (χ3v) is 3.50. The average Bonchev–Trinajstić information content (AvgIpc) is 3.05. The van der Waals surface area contributed by atoms with E-state index in [0.717, 1.165) is 17.8 Å². The summed E-state index contributed by atoms with van der Waals surface area (Å²) in [5, 5.41) is 2.93. The highest BCUT2D eigenvalue weighted by Gasteiger charge is 2.13. The van der Waals surface area contributed by atoms with Gasteiger partial charge in [-0.2, -0.15) is 0 Å². The van der Waals surface area contributed by atoms with Crippen molar-refractivity contribution in [2.24, 2.45) is 0 Å². The lowest BCUT2D eigenvalue weighted by molar-refractivity contribution is 0.102. The van der Waals surface area contributed by atoms with Crippen LogP contribution in [0.25, 0.3) is 5.69 Å². The molecular formula is C18H17N3O. The molecule has 3 aromatic rings. The lowest BCUT2D eigenvalue weighted by Crippen LogP contribution is -2.16. The molecule has 0 aliphatic carbocycles. The van der Waals surface area contributed by atoms with E-state index in [9.17, 15) is 4.79 Å². The Morgan fingerprint density at radius 3 is 2.73 bits per heavy atom. The number of benzene rings is 2. The Morgan fingerprint density at radius 1 is 1.14 bits per heavy atom. The van der Waals surface area contributed by atoms with Crippen molar-refractivity contribution in [2.75, 3.05) is 5.32 Å². The minimum absolute atomic E-state index is 0.172. The van der Waals surface area contributed by atoms with Crippen LogP contribution >= 0.6 is 0 Å². The van der Waals surface area contributed by atoms with E-state index in [0.29, 0.717) is 5.69 Å². The van der Waals surface area contributed by atoms with Crippen molar-refractivity contribution >= 4 is 11.6 Å². The molecular weight excluding hydrogens is 274 g/mol. The summed E-state index contributed by atoms with van der Waals surface area (Å²) in [5.41, 5.74) is 3.40. The number of carbonyl (C=O) groups is 1. The van der Waals surface area contributed by atoms with Gasteiger partial charge >= 0.3 is 0 Å². The third-order valence-electron chi connectivity index (χ3n) is 3.50. The lowest BCUT2D eigenvalue weighted by Gasteiger charge is -2.09. The summed E-state index contributed by atoms with van der Waals surface area (Å²) < 4.78 is 1.78. The van der Waals surface area contributed by atoms with E-state index < -0.39 is 0 Å². The maximum absolute atomic E-state index is 12.5. The van der Waals surface area contributed by atoms with Gasteiger partial charge in [-0.15, -0.1) is 0 Å². The summed E-state index contributed by atoms with van der Waals surface area (Å²) in [6.45, 7) is 2.09. The molecule has 0 aliphatic heterocycles. The van der Waals surface area contributed by atoms with Crippen LogP contribution in [0.2, 0.25) is 0 Å². The summed E-state index contributed by atoms with van der Waals surface area (Å²) in [7, 11) is 0. The van der Waals surface area contributed by atoms with Gasteiger partial charge in [0, 0.05) is 11.4 Å². The molecule has 0 unspecified atom stereocenters. The molecule has 0 fully saturated rings. The fourth-order valence-corrected chi connectivity index (χ4v) is 2.32. The van der Waals surface area contributed by atoms with E-state index in [1.165, 1.54) is 5.56 Å². The summed E-state index contributed by atoms with van der Waals surface area (Å²) in [5.74, 6) is -0.172. The first-order chi connectivity index (χ1) is 10.8. The van der Waals surface area contributed by atoms with Gasteiger partial charge in [0.25, 0.3) is 5.91 Å². The molecule has 110 valence electrons. The van der Waals surface area contributed by atoms with E-state index in [1.807, 2.05) is 54.6 Å². The predicted molar refractivity (Wildman–Crippen MR) is 87.3 cm³/mol. The second-order valence-electron chi connectivity index (χ2n) is 4.99. The van der Waals surface area contributed by atoms with E-state index in [1.54, 1.807) is 17.1 Å². The van der Waals surface area contributed by atoms with E-state index >= 15 is 0 Å². The van der Waals surface area contributed by atoms with Gasteiger partial charge in [0.2, 0.25) is 0 Å². The molecule has 4 nitrogen and oxygen atoms in total. The Morgan fingerprint density at radius 2 is 1.95 bits per heavy atom. The number of nitrogens with one attached hydrogen (secondary N) is 1. The largest absolute Gasteiger partial charge is 0.321 e. The number of aryl methyl sites for hydroxylation is 1. The summed E-state index contributed by atoms with van der Waals surface area (Å²) in [6.07, 6.45) is 4.16. The van der Waals surface area contributed by atoms with E-state index in [4.69, 9.17) is 0 Å². The monoisotopic (exact) mass is 291 g/mol. The predicted octanol–water partition coefficient (Wildman–Crippen LogP) is 3.69. The van der Waals surface area contributed by atoms with Crippen LogP contribution in [0.3, 0.4) is 0 Å². The van der Waals surface area contributed by atoms with Crippen molar-refractivity contribution < 1.29 is 4.79 Å². The van der Waals surface area contributed by atoms with Crippen molar-refractivity contribution in [2.45, 2.75) is 13.3 Å². The summed E-state index contributed by atoms with van der Waals surface area (Å²) >= 11 is 0. The minimum atomic E-state index is -0.172. The number of carbonyl (C=O) groups excluding carboxylic acids is 1. The van der Waals surface area contributed by atoms with Crippen molar-refractivity contribution in [3.8, 4) is 5.69 Å². The first-order valence-corrected chi connectivity index (χ1v) is 7.26. The molecule has 0 bridgehead atoms. The van der Waals surface area contributed by atoms with Crippen LogP contribution < -0.4 is 5.32 Å². The highest BCUT2D eigenvalue weighted by atomic mass is 16.2. The van der Waals surface area contributed by atoms with Gasteiger partial charge in [0.1, 0.15) is 5.69 Å². The number of rotatable bonds is 4. The maximum Gasteiger partial charge on any atom is 0.274 e. The van der Waals surface area contributed by atoms with Crippen molar-refractivity contribution in [1.29, 1.82) is 0 Å². The molecule has 0 atom stereocenters. The highest BCUT2D eigenvalue weighted by molar-refractivity contribution is 6.03. The molecule has 0 radical (unpaired) electrons. The number of aromatic nitrogens is 2. The molecule has 2 aromatic carbocycles. The Labute approximate surface area is 129 Å². The Bertz CT molecular complexity index is 778. The van der Waals surface area contributed by atoms with Gasteiger partial charge in [-0.25, -0.2) is 4.98 Å². The van der Waals surface area contributed by atoms with Crippen molar-refractivity contribution in [1.82, 2.24) is 9.55 Å². The molecule has 0 saturated carbocycles. The maximum atomic E-state index is 12.5. The molecule has 0 aliphatic rings.